The summed E-state index contributed by atoms with van der Waals surface area (Å²) >= 11 is 0. The molecule has 0 fully saturated rings. The van der Waals surface area contributed by atoms with Gasteiger partial charge in [-0.1, -0.05) is 48.5 Å². The van der Waals surface area contributed by atoms with Crippen LogP contribution in [-0.4, -0.2) is 33.8 Å². The molecule has 4 aromatic carbocycles. The summed E-state index contributed by atoms with van der Waals surface area (Å²) in [6, 6.07) is 28.0. The number of methoxy groups -OCH3 is 2. The maximum absolute atomic E-state index is 6.50. The number of hydrogen-bond donors (Lipinski definition) is 0. The van der Waals surface area contributed by atoms with Gasteiger partial charge >= 0.3 is 0 Å². The van der Waals surface area contributed by atoms with Crippen molar-refractivity contribution in [3.05, 3.63) is 114 Å². The Morgan fingerprint density at radius 1 is 0.821 bits per heavy atom. The van der Waals surface area contributed by atoms with Crippen LogP contribution < -0.4 is 18.9 Å². The Kier molecular flexibility index (Phi) is 5.51. The molecule has 0 unspecified atom stereocenters. The van der Waals surface area contributed by atoms with Crippen molar-refractivity contribution in [1.82, 2.24) is 19.6 Å². The molecule has 0 bridgehead atoms. The summed E-state index contributed by atoms with van der Waals surface area (Å²) in [5.41, 5.74) is 3.65. The van der Waals surface area contributed by atoms with E-state index in [-0.39, 0.29) is 12.5 Å². The van der Waals surface area contributed by atoms with Crippen LogP contribution in [0.2, 0.25) is 0 Å². The predicted molar refractivity (Wildman–Crippen MR) is 146 cm³/mol. The summed E-state index contributed by atoms with van der Waals surface area (Å²) in [7, 11) is 3.30. The fourth-order valence-corrected chi connectivity index (χ4v) is 5.11. The van der Waals surface area contributed by atoms with Gasteiger partial charge in [-0.05, 0) is 47.3 Å². The Morgan fingerprint density at radius 2 is 1.54 bits per heavy atom. The van der Waals surface area contributed by atoms with E-state index in [1.54, 1.807) is 25.1 Å². The molecule has 1 aliphatic rings. The Bertz CT molecular complexity index is 1810. The van der Waals surface area contributed by atoms with E-state index in [9.17, 15) is 0 Å². The summed E-state index contributed by atoms with van der Waals surface area (Å²) in [6.45, 7) is 0.206. The topological polar surface area (TPSA) is 80.0 Å². The van der Waals surface area contributed by atoms with Crippen molar-refractivity contribution in [3.8, 4) is 28.9 Å². The standard InChI is InChI=1S/C31H24N4O4/c1-36-21-10-7-20(8-11-21)27-25-16-9-19-5-3-4-6-24(19)29(25)39-31-28(27)30-33-26(34-35(30)18-32-31)17-38-23-14-12-22(37-2)13-15-23/h3-16,18,27H,17H2,1-2H3/t27-/m1/s1. The van der Waals surface area contributed by atoms with Gasteiger partial charge in [0.2, 0.25) is 5.88 Å². The third-order valence-electron chi connectivity index (χ3n) is 7.02. The first kappa shape index (κ1) is 23.0. The number of rotatable bonds is 6. The lowest BCUT2D eigenvalue weighted by Crippen LogP contribution is -2.15. The Balaban J connectivity index is 1.34. The van der Waals surface area contributed by atoms with E-state index >= 15 is 0 Å². The zero-order valence-electron chi connectivity index (χ0n) is 21.4. The highest BCUT2D eigenvalue weighted by molar-refractivity contribution is 5.91. The van der Waals surface area contributed by atoms with Crippen LogP contribution in [0.4, 0.5) is 0 Å². The molecular weight excluding hydrogens is 492 g/mol. The van der Waals surface area contributed by atoms with Gasteiger partial charge in [-0.3, -0.25) is 0 Å². The number of hydrogen-bond acceptors (Lipinski definition) is 7. The summed E-state index contributed by atoms with van der Waals surface area (Å²) in [5, 5.41) is 6.79. The second-order valence-corrected chi connectivity index (χ2v) is 9.24. The van der Waals surface area contributed by atoms with Gasteiger partial charge in [0.1, 0.15) is 35.9 Å². The minimum Gasteiger partial charge on any atom is -0.497 e. The van der Waals surface area contributed by atoms with E-state index in [0.29, 0.717) is 23.1 Å². The lowest BCUT2D eigenvalue weighted by atomic mass is 9.83. The lowest BCUT2D eigenvalue weighted by Gasteiger charge is -2.28. The molecule has 192 valence electrons. The minimum absolute atomic E-state index is 0.171. The molecule has 0 amide bonds. The molecule has 1 aliphatic heterocycles. The Morgan fingerprint density at radius 3 is 2.31 bits per heavy atom. The number of benzene rings is 4. The van der Waals surface area contributed by atoms with Crippen molar-refractivity contribution in [2.24, 2.45) is 0 Å². The van der Waals surface area contributed by atoms with Gasteiger partial charge in [-0.15, -0.1) is 5.10 Å². The van der Waals surface area contributed by atoms with Gasteiger partial charge in [-0.2, -0.15) is 0 Å². The first-order chi connectivity index (χ1) is 19.2. The molecule has 3 heterocycles. The van der Waals surface area contributed by atoms with Crippen LogP contribution >= 0.6 is 0 Å². The minimum atomic E-state index is -0.171. The zero-order valence-corrected chi connectivity index (χ0v) is 21.4. The van der Waals surface area contributed by atoms with E-state index in [0.717, 1.165) is 44.7 Å². The second-order valence-electron chi connectivity index (χ2n) is 9.24. The third kappa shape index (κ3) is 3.97. The van der Waals surface area contributed by atoms with Crippen molar-refractivity contribution in [2.75, 3.05) is 14.2 Å². The average Bonchev–Trinajstić information content (AvgIpc) is 3.42. The largest absolute Gasteiger partial charge is 0.497 e. The van der Waals surface area contributed by atoms with Crippen LogP contribution in [0.25, 0.3) is 16.4 Å². The van der Waals surface area contributed by atoms with Crippen LogP contribution in [0, 0.1) is 0 Å². The van der Waals surface area contributed by atoms with Crippen molar-refractivity contribution >= 4 is 16.4 Å². The molecule has 6 aromatic rings. The summed E-state index contributed by atoms with van der Waals surface area (Å²) in [5.74, 6) is 3.96. The summed E-state index contributed by atoms with van der Waals surface area (Å²) in [6.07, 6.45) is 1.64. The summed E-state index contributed by atoms with van der Waals surface area (Å²) < 4.78 is 24.8. The van der Waals surface area contributed by atoms with Crippen LogP contribution in [0.5, 0.6) is 28.9 Å². The molecule has 0 radical (unpaired) electrons. The van der Waals surface area contributed by atoms with Crippen molar-refractivity contribution in [1.29, 1.82) is 0 Å². The highest BCUT2D eigenvalue weighted by Gasteiger charge is 2.34. The number of fused-ring (bicyclic) bond motifs is 6. The highest BCUT2D eigenvalue weighted by atomic mass is 16.5. The molecule has 0 N–H and O–H groups in total. The SMILES string of the molecule is COc1ccc(OCc2nc3c4c(ncn3n2)Oc2c(ccc3ccccc23)[C@H]4c2ccc(OC)cc2)cc1. The van der Waals surface area contributed by atoms with E-state index < -0.39 is 0 Å². The van der Waals surface area contributed by atoms with Crippen LogP contribution in [-0.2, 0) is 6.61 Å². The normalized spacial score (nSPS) is 13.9. The predicted octanol–water partition coefficient (Wildman–Crippen LogP) is 6.16. The molecule has 8 nitrogen and oxygen atoms in total. The molecule has 0 saturated carbocycles. The van der Waals surface area contributed by atoms with Gasteiger partial charge < -0.3 is 18.9 Å². The maximum Gasteiger partial charge on any atom is 0.228 e. The molecule has 0 aliphatic carbocycles. The number of nitrogens with zero attached hydrogens (tertiary/aromatic N) is 4. The first-order valence-electron chi connectivity index (χ1n) is 12.6. The van der Waals surface area contributed by atoms with Gasteiger partial charge in [0.25, 0.3) is 0 Å². The van der Waals surface area contributed by atoms with Gasteiger partial charge in [0.05, 0.1) is 19.8 Å². The zero-order chi connectivity index (χ0) is 26.3. The monoisotopic (exact) mass is 516 g/mol. The molecular formula is C31H24N4O4. The van der Waals surface area contributed by atoms with E-state index in [4.69, 9.17) is 23.9 Å². The van der Waals surface area contributed by atoms with Crippen LogP contribution in [0.3, 0.4) is 0 Å². The Labute approximate surface area is 224 Å². The summed E-state index contributed by atoms with van der Waals surface area (Å²) in [4.78, 5) is 9.55. The van der Waals surface area contributed by atoms with Gasteiger partial charge in [0, 0.05) is 16.9 Å². The van der Waals surface area contributed by atoms with Gasteiger partial charge in [0.15, 0.2) is 11.5 Å². The maximum atomic E-state index is 6.50. The lowest BCUT2D eigenvalue weighted by molar-refractivity contribution is 0.295. The average molecular weight is 517 g/mol. The fourth-order valence-electron chi connectivity index (χ4n) is 5.11. The number of aromatic nitrogens is 4. The van der Waals surface area contributed by atoms with Crippen LogP contribution in [0.1, 0.15) is 28.4 Å². The van der Waals surface area contributed by atoms with Gasteiger partial charge in [-0.25, -0.2) is 14.5 Å². The van der Waals surface area contributed by atoms with E-state index in [1.165, 1.54) is 0 Å². The van der Waals surface area contributed by atoms with Crippen molar-refractivity contribution in [2.45, 2.75) is 12.5 Å². The van der Waals surface area contributed by atoms with E-state index in [1.807, 2.05) is 48.5 Å². The van der Waals surface area contributed by atoms with Crippen LogP contribution in [0.15, 0.2) is 91.3 Å². The molecule has 8 heteroatoms. The number of ether oxygens (including phenoxy) is 4. The fraction of sp³-hybridized carbons (Fsp3) is 0.129. The molecule has 0 saturated heterocycles. The Hall–Kier alpha value is -5.11. The molecule has 1 atom stereocenters. The first-order valence-corrected chi connectivity index (χ1v) is 12.6. The molecule has 2 aromatic heterocycles. The van der Waals surface area contributed by atoms with E-state index in [2.05, 4.69) is 46.5 Å². The van der Waals surface area contributed by atoms with Crippen molar-refractivity contribution in [3.63, 3.8) is 0 Å². The smallest absolute Gasteiger partial charge is 0.228 e. The molecule has 0 spiro atoms. The third-order valence-corrected chi connectivity index (χ3v) is 7.02. The van der Waals surface area contributed by atoms with Crippen molar-refractivity contribution < 1.29 is 18.9 Å². The molecule has 39 heavy (non-hydrogen) atoms. The quantitative estimate of drug-likeness (QED) is 0.262. The highest BCUT2D eigenvalue weighted by Crippen LogP contribution is 2.50. The molecule has 7 rings (SSSR count). The second kappa shape index (κ2) is 9.33.